The van der Waals surface area contributed by atoms with Gasteiger partial charge in [0.25, 0.3) is 0 Å². The maximum absolute atomic E-state index is 11.5. The van der Waals surface area contributed by atoms with Gasteiger partial charge in [-0.3, -0.25) is 4.79 Å². The minimum atomic E-state index is 0.0289. The van der Waals surface area contributed by atoms with E-state index in [0.29, 0.717) is 17.5 Å². The van der Waals surface area contributed by atoms with Gasteiger partial charge in [0.2, 0.25) is 5.91 Å². The van der Waals surface area contributed by atoms with E-state index in [2.05, 4.69) is 20.2 Å². The minimum Gasteiger partial charge on any atom is -0.355 e. The van der Waals surface area contributed by atoms with Gasteiger partial charge in [-0.15, -0.1) is 0 Å². The Labute approximate surface area is 106 Å². The highest BCUT2D eigenvalue weighted by Gasteiger charge is 2.03. The van der Waals surface area contributed by atoms with Crippen LogP contribution in [0.5, 0.6) is 0 Å². The second-order valence-corrected chi connectivity index (χ2v) is 4.77. The molecule has 0 fully saturated rings. The summed E-state index contributed by atoms with van der Waals surface area (Å²) in [5.74, 6) is 0.396. The zero-order chi connectivity index (χ0) is 12.5. The molecule has 1 amide bonds. The van der Waals surface area contributed by atoms with E-state index in [1.54, 1.807) is 18.5 Å². The molecule has 6 heteroatoms. The molecular formula is C11H18N4OS. The number of nitrogens with zero attached hydrogens (tertiary/aromatic N) is 3. The molecule has 0 aliphatic rings. The van der Waals surface area contributed by atoms with Crippen LogP contribution >= 0.6 is 11.8 Å². The number of aromatic nitrogens is 2. The first kappa shape index (κ1) is 13.9. The van der Waals surface area contributed by atoms with E-state index >= 15 is 0 Å². The summed E-state index contributed by atoms with van der Waals surface area (Å²) in [6, 6.07) is 1.76. The number of amides is 1. The van der Waals surface area contributed by atoms with Gasteiger partial charge in [0.15, 0.2) is 5.16 Å². The van der Waals surface area contributed by atoms with Gasteiger partial charge in [0, 0.05) is 18.9 Å². The average Bonchev–Trinajstić information content (AvgIpc) is 2.33. The molecule has 0 saturated heterocycles. The van der Waals surface area contributed by atoms with Crippen LogP contribution in [-0.2, 0) is 4.79 Å². The zero-order valence-corrected chi connectivity index (χ0v) is 11.0. The smallest absolute Gasteiger partial charge is 0.230 e. The lowest BCUT2D eigenvalue weighted by Crippen LogP contribution is -2.28. The molecule has 0 atom stereocenters. The van der Waals surface area contributed by atoms with Gasteiger partial charge in [-0.1, -0.05) is 11.8 Å². The minimum absolute atomic E-state index is 0.0289. The van der Waals surface area contributed by atoms with E-state index in [4.69, 9.17) is 0 Å². The first-order valence-electron chi connectivity index (χ1n) is 5.49. The highest BCUT2D eigenvalue weighted by molar-refractivity contribution is 7.99. The summed E-state index contributed by atoms with van der Waals surface area (Å²) < 4.78 is 0. The van der Waals surface area contributed by atoms with Crippen LogP contribution in [0, 0.1) is 0 Å². The number of hydrogen-bond acceptors (Lipinski definition) is 5. The number of hydrogen-bond donors (Lipinski definition) is 1. The molecule has 1 rings (SSSR count). The molecule has 1 aromatic rings. The predicted molar refractivity (Wildman–Crippen MR) is 68.9 cm³/mol. The van der Waals surface area contributed by atoms with Crippen molar-refractivity contribution in [2.75, 3.05) is 32.9 Å². The van der Waals surface area contributed by atoms with E-state index in [1.165, 1.54) is 11.8 Å². The van der Waals surface area contributed by atoms with Gasteiger partial charge in [0.05, 0.1) is 5.75 Å². The van der Waals surface area contributed by atoms with Crippen molar-refractivity contribution < 1.29 is 4.79 Å². The van der Waals surface area contributed by atoms with Crippen molar-refractivity contribution in [1.82, 2.24) is 20.2 Å². The van der Waals surface area contributed by atoms with Crippen molar-refractivity contribution in [3.05, 3.63) is 18.5 Å². The Balaban J connectivity index is 2.09. The lowest BCUT2D eigenvalue weighted by atomic mass is 10.4. The Morgan fingerprint density at radius 3 is 2.76 bits per heavy atom. The van der Waals surface area contributed by atoms with Crippen LogP contribution in [0.1, 0.15) is 6.42 Å². The summed E-state index contributed by atoms with van der Waals surface area (Å²) in [5, 5.41) is 3.50. The highest BCUT2D eigenvalue weighted by Crippen LogP contribution is 2.09. The van der Waals surface area contributed by atoms with Crippen molar-refractivity contribution in [3.8, 4) is 0 Å². The van der Waals surface area contributed by atoms with Crippen molar-refractivity contribution in [2.24, 2.45) is 0 Å². The Bertz CT molecular complexity index is 332. The van der Waals surface area contributed by atoms with E-state index in [-0.39, 0.29) is 5.91 Å². The monoisotopic (exact) mass is 254 g/mol. The summed E-state index contributed by atoms with van der Waals surface area (Å²) in [7, 11) is 4.04. The standard InChI is InChI=1S/C11H18N4OS/c1-15(2)8-4-7-12-10(16)9-17-11-13-5-3-6-14-11/h3,5-6H,4,7-9H2,1-2H3,(H,12,16). The largest absolute Gasteiger partial charge is 0.355 e. The topological polar surface area (TPSA) is 58.1 Å². The molecule has 0 aliphatic heterocycles. The van der Waals surface area contributed by atoms with Gasteiger partial charge in [-0.25, -0.2) is 9.97 Å². The molecule has 1 heterocycles. The van der Waals surface area contributed by atoms with E-state index in [0.717, 1.165) is 13.0 Å². The summed E-state index contributed by atoms with van der Waals surface area (Å²) in [4.78, 5) is 21.6. The fraction of sp³-hybridized carbons (Fsp3) is 0.545. The third-order valence-electron chi connectivity index (χ3n) is 1.98. The summed E-state index contributed by atoms with van der Waals surface area (Å²) in [6.07, 6.45) is 4.31. The molecule has 0 spiro atoms. The third kappa shape index (κ3) is 6.91. The Morgan fingerprint density at radius 1 is 1.41 bits per heavy atom. The highest BCUT2D eigenvalue weighted by atomic mass is 32.2. The average molecular weight is 254 g/mol. The molecule has 17 heavy (non-hydrogen) atoms. The molecule has 0 aliphatic carbocycles. The molecule has 0 unspecified atom stereocenters. The van der Waals surface area contributed by atoms with Crippen molar-refractivity contribution in [2.45, 2.75) is 11.6 Å². The first-order valence-corrected chi connectivity index (χ1v) is 6.48. The zero-order valence-electron chi connectivity index (χ0n) is 10.2. The Kier molecular flexibility index (Phi) is 6.57. The summed E-state index contributed by atoms with van der Waals surface area (Å²) in [5.41, 5.74) is 0. The number of carbonyl (C=O) groups excluding carboxylic acids is 1. The van der Waals surface area contributed by atoms with Gasteiger partial charge in [-0.2, -0.15) is 0 Å². The first-order chi connectivity index (χ1) is 8.18. The van der Waals surface area contributed by atoms with Crippen LogP contribution in [0.25, 0.3) is 0 Å². The molecule has 0 radical (unpaired) electrons. The van der Waals surface area contributed by atoms with E-state index < -0.39 is 0 Å². The second kappa shape index (κ2) is 8.03. The summed E-state index contributed by atoms with van der Waals surface area (Å²) >= 11 is 1.35. The van der Waals surface area contributed by atoms with Crippen LogP contribution < -0.4 is 5.32 Å². The van der Waals surface area contributed by atoms with Crippen LogP contribution in [0.2, 0.25) is 0 Å². The maximum atomic E-state index is 11.5. The van der Waals surface area contributed by atoms with Gasteiger partial charge in [-0.05, 0) is 33.1 Å². The van der Waals surface area contributed by atoms with E-state index in [9.17, 15) is 4.79 Å². The number of carbonyl (C=O) groups is 1. The predicted octanol–water partition coefficient (Wildman–Crippen LogP) is 0.637. The van der Waals surface area contributed by atoms with Crippen molar-refractivity contribution in [3.63, 3.8) is 0 Å². The van der Waals surface area contributed by atoms with Crippen LogP contribution in [0.3, 0.4) is 0 Å². The third-order valence-corrected chi connectivity index (χ3v) is 2.85. The van der Waals surface area contributed by atoms with Gasteiger partial charge >= 0.3 is 0 Å². The molecule has 5 nitrogen and oxygen atoms in total. The lowest BCUT2D eigenvalue weighted by molar-refractivity contribution is -0.118. The number of nitrogens with one attached hydrogen (secondary N) is 1. The second-order valence-electron chi connectivity index (χ2n) is 3.83. The fourth-order valence-electron chi connectivity index (χ4n) is 1.16. The molecule has 0 bridgehead atoms. The van der Waals surface area contributed by atoms with Crippen molar-refractivity contribution in [1.29, 1.82) is 0 Å². The molecule has 1 N–H and O–H groups in total. The van der Waals surface area contributed by atoms with Gasteiger partial charge < -0.3 is 10.2 Å². The Morgan fingerprint density at radius 2 is 2.12 bits per heavy atom. The van der Waals surface area contributed by atoms with Crippen LogP contribution in [0.4, 0.5) is 0 Å². The molecule has 1 aromatic heterocycles. The molecular weight excluding hydrogens is 236 g/mol. The SMILES string of the molecule is CN(C)CCCNC(=O)CSc1ncccn1. The maximum Gasteiger partial charge on any atom is 0.230 e. The molecule has 0 aromatic carbocycles. The Hall–Kier alpha value is -1.14. The summed E-state index contributed by atoms with van der Waals surface area (Å²) in [6.45, 7) is 1.70. The number of rotatable bonds is 7. The molecule has 0 saturated carbocycles. The molecule has 94 valence electrons. The lowest BCUT2D eigenvalue weighted by Gasteiger charge is -2.09. The number of thioether (sulfide) groups is 1. The van der Waals surface area contributed by atoms with Crippen LogP contribution in [-0.4, -0.2) is 53.7 Å². The fourth-order valence-corrected chi connectivity index (χ4v) is 1.80. The normalized spacial score (nSPS) is 10.5. The van der Waals surface area contributed by atoms with Crippen molar-refractivity contribution >= 4 is 17.7 Å². The van der Waals surface area contributed by atoms with Gasteiger partial charge in [0.1, 0.15) is 0 Å². The van der Waals surface area contributed by atoms with Crippen LogP contribution in [0.15, 0.2) is 23.6 Å². The van der Waals surface area contributed by atoms with E-state index in [1.807, 2.05) is 14.1 Å². The quantitative estimate of drug-likeness (QED) is 0.439.